The highest BCUT2D eigenvalue weighted by atomic mass is 16.2. The largest absolute Gasteiger partial charge is 0.343 e. The predicted molar refractivity (Wildman–Crippen MR) is 78.4 cm³/mol. The molecular formula is C15H27N3O2. The third-order valence-electron chi connectivity index (χ3n) is 4.43. The summed E-state index contributed by atoms with van der Waals surface area (Å²) >= 11 is 0. The number of hydrogen-bond acceptors (Lipinski definition) is 2. The highest BCUT2D eigenvalue weighted by molar-refractivity contribution is 5.76. The van der Waals surface area contributed by atoms with Crippen molar-refractivity contribution in [2.24, 2.45) is 0 Å². The Hall–Kier alpha value is -1.26. The molecule has 3 amide bonds. The number of carbonyl (C=O) groups is 2. The number of hydrogen-bond donors (Lipinski definition) is 2. The van der Waals surface area contributed by atoms with Crippen LogP contribution in [0.3, 0.4) is 0 Å². The summed E-state index contributed by atoms with van der Waals surface area (Å²) in [5, 5.41) is 6.14. The van der Waals surface area contributed by atoms with Crippen LogP contribution >= 0.6 is 0 Å². The number of urea groups is 1. The number of likely N-dealkylation sites (tertiary alicyclic amines) is 1. The maximum Gasteiger partial charge on any atom is 0.315 e. The quantitative estimate of drug-likeness (QED) is 0.831. The molecule has 0 atom stereocenters. The second kappa shape index (κ2) is 7.50. The van der Waals surface area contributed by atoms with E-state index in [2.05, 4.69) is 10.6 Å². The highest BCUT2D eigenvalue weighted by Crippen LogP contribution is 2.17. The van der Waals surface area contributed by atoms with Gasteiger partial charge < -0.3 is 15.5 Å². The van der Waals surface area contributed by atoms with Crippen LogP contribution in [0.15, 0.2) is 0 Å². The number of nitrogens with one attached hydrogen (secondary N) is 2. The Morgan fingerprint density at radius 1 is 0.950 bits per heavy atom. The molecular weight excluding hydrogens is 254 g/mol. The summed E-state index contributed by atoms with van der Waals surface area (Å²) in [4.78, 5) is 25.4. The summed E-state index contributed by atoms with van der Waals surface area (Å²) < 4.78 is 0. The molecule has 2 aliphatic rings. The van der Waals surface area contributed by atoms with Crippen LogP contribution in [0.5, 0.6) is 0 Å². The smallest absolute Gasteiger partial charge is 0.315 e. The zero-order valence-electron chi connectivity index (χ0n) is 12.5. The summed E-state index contributed by atoms with van der Waals surface area (Å²) in [6.45, 7) is 3.42. The van der Waals surface area contributed by atoms with E-state index in [4.69, 9.17) is 0 Å². The normalized spacial score (nSPS) is 21.6. The van der Waals surface area contributed by atoms with Gasteiger partial charge in [-0.15, -0.1) is 0 Å². The fourth-order valence-corrected chi connectivity index (χ4v) is 3.16. The molecule has 0 spiro atoms. The van der Waals surface area contributed by atoms with Gasteiger partial charge in [0.05, 0.1) is 0 Å². The minimum Gasteiger partial charge on any atom is -0.343 e. The molecule has 2 rings (SSSR count). The van der Waals surface area contributed by atoms with Crippen LogP contribution in [-0.2, 0) is 4.79 Å². The number of nitrogens with zero attached hydrogens (tertiary/aromatic N) is 1. The first-order valence-electron chi connectivity index (χ1n) is 8.04. The van der Waals surface area contributed by atoms with Crippen molar-refractivity contribution in [1.29, 1.82) is 0 Å². The van der Waals surface area contributed by atoms with E-state index in [1.165, 1.54) is 19.3 Å². The molecule has 5 nitrogen and oxygen atoms in total. The molecule has 2 N–H and O–H groups in total. The molecule has 1 heterocycles. The van der Waals surface area contributed by atoms with Crippen LogP contribution in [0.1, 0.15) is 58.3 Å². The number of carbonyl (C=O) groups excluding carboxylic acids is 2. The van der Waals surface area contributed by atoms with Gasteiger partial charge in [-0.05, 0) is 25.7 Å². The maximum atomic E-state index is 11.9. The standard InChI is InChI=1S/C15H27N3O2/c1-2-14(19)18-10-8-13(9-11-18)17-15(20)16-12-6-4-3-5-7-12/h12-13H,2-11H2,1H3,(H2,16,17,20). The SMILES string of the molecule is CCC(=O)N1CCC(NC(=O)NC2CCCCC2)CC1. The molecule has 0 unspecified atom stereocenters. The Labute approximate surface area is 121 Å². The molecule has 2 fully saturated rings. The van der Waals surface area contributed by atoms with E-state index in [1.807, 2.05) is 11.8 Å². The van der Waals surface area contributed by atoms with Gasteiger partial charge in [0.2, 0.25) is 5.91 Å². The lowest BCUT2D eigenvalue weighted by molar-refractivity contribution is -0.131. The van der Waals surface area contributed by atoms with Crippen LogP contribution in [0.2, 0.25) is 0 Å². The summed E-state index contributed by atoms with van der Waals surface area (Å²) in [6.07, 6.45) is 8.26. The van der Waals surface area contributed by atoms with E-state index in [-0.39, 0.29) is 18.0 Å². The van der Waals surface area contributed by atoms with Crippen molar-refractivity contribution in [3.8, 4) is 0 Å². The van der Waals surface area contributed by atoms with Gasteiger partial charge in [-0.2, -0.15) is 0 Å². The Bertz CT molecular complexity index is 332. The molecule has 0 radical (unpaired) electrons. The summed E-state index contributed by atoms with van der Waals surface area (Å²) in [5.74, 6) is 0.218. The maximum absolute atomic E-state index is 11.9. The van der Waals surface area contributed by atoms with E-state index in [0.29, 0.717) is 12.5 Å². The zero-order valence-corrected chi connectivity index (χ0v) is 12.5. The van der Waals surface area contributed by atoms with Gasteiger partial charge in [-0.25, -0.2) is 4.79 Å². The van der Waals surface area contributed by atoms with Crippen LogP contribution in [0.25, 0.3) is 0 Å². The molecule has 1 aliphatic carbocycles. The minimum atomic E-state index is -0.0304. The van der Waals surface area contributed by atoms with Gasteiger partial charge in [0.25, 0.3) is 0 Å². The Kier molecular flexibility index (Phi) is 5.68. The monoisotopic (exact) mass is 281 g/mol. The molecule has 114 valence electrons. The number of rotatable bonds is 3. The Morgan fingerprint density at radius 3 is 2.05 bits per heavy atom. The second-order valence-electron chi connectivity index (χ2n) is 5.96. The van der Waals surface area contributed by atoms with Crippen molar-refractivity contribution in [1.82, 2.24) is 15.5 Å². The lowest BCUT2D eigenvalue weighted by Gasteiger charge is -2.33. The van der Waals surface area contributed by atoms with Crippen LogP contribution in [0, 0.1) is 0 Å². The van der Waals surface area contributed by atoms with Gasteiger partial charge in [-0.3, -0.25) is 4.79 Å². The Morgan fingerprint density at radius 2 is 1.50 bits per heavy atom. The van der Waals surface area contributed by atoms with E-state index < -0.39 is 0 Å². The second-order valence-corrected chi connectivity index (χ2v) is 5.96. The molecule has 0 aromatic rings. The third kappa shape index (κ3) is 4.39. The summed E-state index contributed by atoms with van der Waals surface area (Å²) in [7, 11) is 0. The summed E-state index contributed by atoms with van der Waals surface area (Å²) in [6, 6.07) is 0.530. The van der Waals surface area contributed by atoms with Crippen molar-refractivity contribution in [2.75, 3.05) is 13.1 Å². The minimum absolute atomic E-state index is 0.0304. The van der Waals surface area contributed by atoms with E-state index >= 15 is 0 Å². The first kappa shape index (κ1) is 15.1. The summed E-state index contributed by atoms with van der Waals surface area (Å²) in [5.41, 5.74) is 0. The van der Waals surface area contributed by atoms with Crippen LogP contribution in [-0.4, -0.2) is 42.0 Å². The fraction of sp³-hybridized carbons (Fsp3) is 0.867. The van der Waals surface area contributed by atoms with Gasteiger partial charge >= 0.3 is 6.03 Å². The number of piperidine rings is 1. The van der Waals surface area contributed by atoms with Crippen molar-refractivity contribution >= 4 is 11.9 Å². The topological polar surface area (TPSA) is 61.4 Å². The molecule has 0 aromatic carbocycles. The Balaban J connectivity index is 1.66. The van der Waals surface area contributed by atoms with Gasteiger partial charge in [-0.1, -0.05) is 26.2 Å². The van der Waals surface area contributed by atoms with Crippen molar-refractivity contribution < 1.29 is 9.59 Å². The lowest BCUT2D eigenvalue weighted by Crippen LogP contribution is -2.51. The van der Waals surface area contributed by atoms with Crippen molar-refractivity contribution in [3.63, 3.8) is 0 Å². The average molecular weight is 281 g/mol. The zero-order chi connectivity index (χ0) is 14.4. The van der Waals surface area contributed by atoms with Gasteiger partial charge in [0, 0.05) is 31.6 Å². The molecule has 1 saturated carbocycles. The fourth-order valence-electron chi connectivity index (χ4n) is 3.16. The van der Waals surface area contributed by atoms with E-state index in [1.54, 1.807) is 0 Å². The predicted octanol–water partition coefficient (Wildman–Crippen LogP) is 2.02. The van der Waals surface area contributed by atoms with E-state index in [0.717, 1.165) is 38.8 Å². The molecule has 0 bridgehead atoms. The first-order valence-corrected chi connectivity index (χ1v) is 8.04. The molecule has 0 aromatic heterocycles. The molecule has 1 aliphatic heterocycles. The first-order chi connectivity index (χ1) is 9.69. The van der Waals surface area contributed by atoms with Gasteiger partial charge in [0.15, 0.2) is 0 Å². The van der Waals surface area contributed by atoms with E-state index in [9.17, 15) is 9.59 Å². The van der Waals surface area contributed by atoms with Crippen molar-refractivity contribution in [2.45, 2.75) is 70.4 Å². The lowest BCUT2D eigenvalue weighted by atomic mass is 9.96. The number of amides is 3. The van der Waals surface area contributed by atoms with Crippen LogP contribution in [0.4, 0.5) is 4.79 Å². The van der Waals surface area contributed by atoms with Crippen molar-refractivity contribution in [3.05, 3.63) is 0 Å². The molecule has 5 heteroatoms. The highest BCUT2D eigenvalue weighted by Gasteiger charge is 2.23. The third-order valence-corrected chi connectivity index (χ3v) is 4.43. The molecule has 20 heavy (non-hydrogen) atoms. The van der Waals surface area contributed by atoms with Crippen LogP contribution < -0.4 is 10.6 Å². The molecule has 1 saturated heterocycles. The average Bonchev–Trinajstić information content (AvgIpc) is 2.48. The van der Waals surface area contributed by atoms with Gasteiger partial charge in [0.1, 0.15) is 0 Å².